The molecular weight excluding hydrogens is 206 g/mol. The number of hydrogen-bond donors (Lipinski definition) is 1. The van der Waals surface area contributed by atoms with Gasteiger partial charge in [-0.15, -0.1) is 0 Å². The topological polar surface area (TPSA) is 29.1 Å². The second-order valence-corrected chi connectivity index (χ2v) is 4.81. The van der Waals surface area contributed by atoms with Gasteiger partial charge in [0.25, 0.3) is 0 Å². The molecule has 0 heterocycles. The molecule has 0 aliphatic heterocycles. The van der Waals surface area contributed by atoms with Crippen molar-refractivity contribution in [2.45, 2.75) is 26.3 Å². The number of hydrogen-bond acceptors (Lipinski definition) is 2. The first-order valence-corrected chi connectivity index (χ1v) is 5.23. The van der Waals surface area contributed by atoms with Crippen LogP contribution in [0.25, 0.3) is 0 Å². The SMILES string of the molecule is CC(C)(C)NC(=S)C(=O)c1ccccc1. The lowest BCUT2D eigenvalue weighted by molar-refractivity contribution is 0.106. The van der Waals surface area contributed by atoms with Gasteiger partial charge in [0.1, 0.15) is 4.99 Å². The quantitative estimate of drug-likeness (QED) is 0.615. The number of ketones is 1. The van der Waals surface area contributed by atoms with Crippen molar-refractivity contribution in [3.63, 3.8) is 0 Å². The highest BCUT2D eigenvalue weighted by molar-refractivity contribution is 7.82. The van der Waals surface area contributed by atoms with Crippen molar-refractivity contribution in [3.8, 4) is 0 Å². The predicted octanol–water partition coefficient (Wildman–Crippen LogP) is 2.58. The molecular formula is C12H15NOS. The first-order chi connectivity index (χ1) is 6.90. The van der Waals surface area contributed by atoms with Crippen molar-refractivity contribution in [3.05, 3.63) is 35.9 Å². The van der Waals surface area contributed by atoms with Crippen molar-refractivity contribution in [1.82, 2.24) is 5.32 Å². The monoisotopic (exact) mass is 221 g/mol. The summed E-state index contributed by atoms with van der Waals surface area (Å²) in [5.41, 5.74) is 0.445. The minimum Gasteiger partial charge on any atom is -0.368 e. The first kappa shape index (κ1) is 11.9. The molecule has 80 valence electrons. The Labute approximate surface area is 95.7 Å². The van der Waals surface area contributed by atoms with E-state index in [0.717, 1.165) is 0 Å². The summed E-state index contributed by atoms with van der Waals surface area (Å²) in [5, 5.41) is 3.00. The third-order valence-electron chi connectivity index (χ3n) is 1.73. The number of rotatable bonds is 2. The summed E-state index contributed by atoms with van der Waals surface area (Å²) in [6.45, 7) is 5.91. The van der Waals surface area contributed by atoms with Crippen LogP contribution in [0.3, 0.4) is 0 Å². The second-order valence-electron chi connectivity index (χ2n) is 4.40. The van der Waals surface area contributed by atoms with E-state index in [4.69, 9.17) is 12.2 Å². The largest absolute Gasteiger partial charge is 0.368 e. The second kappa shape index (κ2) is 4.53. The van der Waals surface area contributed by atoms with Crippen molar-refractivity contribution in [1.29, 1.82) is 0 Å². The first-order valence-electron chi connectivity index (χ1n) is 4.82. The molecule has 1 aromatic rings. The van der Waals surface area contributed by atoms with Crippen molar-refractivity contribution >= 4 is 23.0 Å². The maximum atomic E-state index is 11.8. The maximum absolute atomic E-state index is 11.8. The Morgan fingerprint density at radius 1 is 1.20 bits per heavy atom. The molecule has 0 aliphatic carbocycles. The smallest absolute Gasteiger partial charge is 0.219 e. The number of benzene rings is 1. The molecule has 3 heteroatoms. The average molecular weight is 221 g/mol. The fourth-order valence-corrected chi connectivity index (χ4v) is 1.54. The number of Topliss-reactive ketones (excluding diaryl/α,β-unsaturated/α-hetero) is 1. The molecule has 15 heavy (non-hydrogen) atoms. The standard InChI is InChI=1S/C12H15NOS/c1-12(2,3)13-11(15)10(14)9-7-5-4-6-8-9/h4-8H,1-3H3,(H,13,15). The minimum atomic E-state index is -0.179. The highest BCUT2D eigenvalue weighted by atomic mass is 32.1. The highest BCUT2D eigenvalue weighted by Crippen LogP contribution is 2.04. The average Bonchev–Trinajstić information content (AvgIpc) is 2.15. The third-order valence-corrected chi connectivity index (χ3v) is 2.02. The van der Waals surface area contributed by atoms with Crippen LogP contribution in [0, 0.1) is 0 Å². The van der Waals surface area contributed by atoms with Gasteiger partial charge in [0, 0.05) is 11.1 Å². The Morgan fingerprint density at radius 2 is 1.73 bits per heavy atom. The van der Waals surface area contributed by atoms with E-state index in [0.29, 0.717) is 5.56 Å². The van der Waals surface area contributed by atoms with Gasteiger partial charge in [-0.3, -0.25) is 4.79 Å². The van der Waals surface area contributed by atoms with Gasteiger partial charge < -0.3 is 5.32 Å². The van der Waals surface area contributed by atoms with Crippen LogP contribution in [0.1, 0.15) is 31.1 Å². The van der Waals surface area contributed by atoms with E-state index in [-0.39, 0.29) is 16.3 Å². The van der Waals surface area contributed by atoms with E-state index < -0.39 is 0 Å². The fourth-order valence-electron chi connectivity index (χ4n) is 1.12. The zero-order valence-corrected chi connectivity index (χ0v) is 10.0. The summed E-state index contributed by atoms with van der Waals surface area (Å²) < 4.78 is 0. The number of carbonyl (C=O) groups is 1. The molecule has 0 fully saturated rings. The molecule has 0 atom stereocenters. The molecule has 0 saturated carbocycles. The summed E-state index contributed by atoms with van der Waals surface area (Å²) in [5.74, 6) is -0.125. The molecule has 0 aliphatic rings. The van der Waals surface area contributed by atoms with Crippen molar-refractivity contribution < 1.29 is 4.79 Å². The van der Waals surface area contributed by atoms with Gasteiger partial charge in [-0.25, -0.2) is 0 Å². The van der Waals surface area contributed by atoms with E-state index in [1.165, 1.54) is 0 Å². The highest BCUT2D eigenvalue weighted by Gasteiger charge is 2.17. The fraction of sp³-hybridized carbons (Fsp3) is 0.333. The maximum Gasteiger partial charge on any atom is 0.219 e. The zero-order valence-electron chi connectivity index (χ0n) is 9.20. The lowest BCUT2D eigenvalue weighted by Crippen LogP contribution is -2.43. The van der Waals surface area contributed by atoms with Crippen molar-refractivity contribution in [2.75, 3.05) is 0 Å². The van der Waals surface area contributed by atoms with Gasteiger partial charge in [-0.2, -0.15) is 0 Å². The molecule has 1 N–H and O–H groups in total. The molecule has 0 aromatic heterocycles. The number of carbonyl (C=O) groups excluding carboxylic acids is 1. The van der Waals surface area contributed by atoms with Crippen LogP contribution >= 0.6 is 12.2 Å². The Kier molecular flexibility index (Phi) is 3.58. The Morgan fingerprint density at radius 3 is 2.20 bits per heavy atom. The van der Waals surface area contributed by atoms with Gasteiger partial charge in [-0.05, 0) is 20.8 Å². The van der Waals surface area contributed by atoms with Crippen LogP contribution in [0.5, 0.6) is 0 Å². The van der Waals surface area contributed by atoms with Gasteiger partial charge in [0.05, 0.1) is 0 Å². The van der Waals surface area contributed by atoms with Gasteiger partial charge in [-0.1, -0.05) is 42.5 Å². The van der Waals surface area contributed by atoms with Gasteiger partial charge in [0.15, 0.2) is 0 Å². The molecule has 0 saturated heterocycles. The van der Waals surface area contributed by atoms with Crippen LogP contribution in [0.4, 0.5) is 0 Å². The zero-order chi connectivity index (χ0) is 11.5. The van der Waals surface area contributed by atoms with E-state index in [1.807, 2.05) is 39.0 Å². The predicted molar refractivity (Wildman–Crippen MR) is 66.3 cm³/mol. The summed E-state index contributed by atoms with van der Waals surface area (Å²) in [4.78, 5) is 12.1. The van der Waals surface area contributed by atoms with Gasteiger partial charge in [0.2, 0.25) is 5.78 Å². The summed E-state index contributed by atoms with van der Waals surface area (Å²) >= 11 is 5.05. The molecule has 0 radical (unpaired) electrons. The van der Waals surface area contributed by atoms with Crippen LogP contribution < -0.4 is 5.32 Å². The lowest BCUT2D eigenvalue weighted by atomic mass is 10.1. The molecule has 0 amide bonds. The normalized spacial score (nSPS) is 10.9. The van der Waals surface area contributed by atoms with Crippen LogP contribution in [-0.2, 0) is 0 Å². The Hall–Kier alpha value is -1.22. The number of nitrogens with one attached hydrogen (secondary N) is 1. The molecule has 0 bridgehead atoms. The summed E-state index contributed by atoms with van der Waals surface area (Å²) in [6, 6.07) is 9.05. The third kappa shape index (κ3) is 3.80. The van der Waals surface area contributed by atoms with Crippen LogP contribution in [-0.4, -0.2) is 16.3 Å². The lowest BCUT2D eigenvalue weighted by Gasteiger charge is -2.21. The number of thiocarbonyl (C=S) groups is 1. The summed E-state index contributed by atoms with van der Waals surface area (Å²) in [7, 11) is 0. The van der Waals surface area contributed by atoms with Crippen molar-refractivity contribution in [2.24, 2.45) is 0 Å². The molecule has 1 aromatic carbocycles. The Bertz CT molecular complexity index is 365. The molecule has 2 nitrogen and oxygen atoms in total. The van der Waals surface area contributed by atoms with Gasteiger partial charge >= 0.3 is 0 Å². The van der Waals surface area contributed by atoms with E-state index in [1.54, 1.807) is 12.1 Å². The van der Waals surface area contributed by atoms with Crippen LogP contribution in [0.15, 0.2) is 30.3 Å². The minimum absolute atomic E-state index is 0.125. The molecule has 0 unspecified atom stereocenters. The Balaban J connectivity index is 2.75. The molecule has 1 rings (SSSR count). The van der Waals surface area contributed by atoms with E-state index in [2.05, 4.69) is 5.32 Å². The summed E-state index contributed by atoms with van der Waals surface area (Å²) in [6.07, 6.45) is 0. The molecule has 0 spiro atoms. The van der Waals surface area contributed by atoms with Crippen LogP contribution in [0.2, 0.25) is 0 Å². The van der Waals surface area contributed by atoms with E-state index >= 15 is 0 Å². The van der Waals surface area contributed by atoms with E-state index in [9.17, 15) is 4.79 Å².